The predicted molar refractivity (Wildman–Crippen MR) is 108 cm³/mol. The molecule has 0 radical (unpaired) electrons. The Labute approximate surface area is 149 Å². The minimum Gasteiger partial charge on any atom is -0.133 e. The molecule has 4 rings (SSSR count). The number of rotatable bonds is 1. The average Bonchev–Trinajstić information content (AvgIpc) is 3.15. The number of fused-ring (bicyclic) bond motifs is 2. The number of benzene rings is 2. The molecular formula is C22H14S2. The highest BCUT2D eigenvalue weighted by Gasteiger charge is 2.18. The topological polar surface area (TPSA) is 0 Å². The summed E-state index contributed by atoms with van der Waals surface area (Å²) in [7, 11) is 0. The van der Waals surface area contributed by atoms with Crippen molar-refractivity contribution in [3.05, 3.63) is 59.7 Å². The van der Waals surface area contributed by atoms with Crippen molar-refractivity contribution in [3.63, 3.8) is 0 Å². The molecule has 0 atom stereocenters. The van der Waals surface area contributed by atoms with Crippen molar-refractivity contribution in [2.45, 2.75) is 13.8 Å². The van der Waals surface area contributed by atoms with Crippen LogP contribution in [0.3, 0.4) is 0 Å². The molecule has 2 heteroatoms. The van der Waals surface area contributed by atoms with Crippen LogP contribution >= 0.6 is 22.7 Å². The lowest BCUT2D eigenvalue weighted by atomic mass is 10.1. The van der Waals surface area contributed by atoms with Crippen LogP contribution in [-0.4, -0.2) is 0 Å². The summed E-state index contributed by atoms with van der Waals surface area (Å²) < 4.78 is 2.55. The second kappa shape index (κ2) is 6.17. The highest BCUT2D eigenvalue weighted by molar-refractivity contribution is 7.29. The summed E-state index contributed by atoms with van der Waals surface area (Å²) in [6.07, 6.45) is 0. The van der Waals surface area contributed by atoms with Gasteiger partial charge in [0.2, 0.25) is 0 Å². The van der Waals surface area contributed by atoms with E-state index in [0.29, 0.717) is 0 Å². The van der Waals surface area contributed by atoms with Gasteiger partial charge in [-0.25, -0.2) is 0 Å². The quantitative estimate of drug-likeness (QED) is 0.345. The van der Waals surface area contributed by atoms with Crippen LogP contribution in [0.4, 0.5) is 0 Å². The molecule has 0 saturated heterocycles. The molecule has 0 amide bonds. The Bertz CT molecular complexity index is 1080. The van der Waals surface area contributed by atoms with E-state index in [4.69, 9.17) is 0 Å². The first-order chi connectivity index (χ1) is 11.8. The third-order valence-electron chi connectivity index (χ3n) is 3.90. The zero-order valence-corrected chi connectivity index (χ0v) is 15.1. The Kier molecular flexibility index (Phi) is 3.87. The van der Waals surface area contributed by atoms with E-state index in [1.54, 1.807) is 0 Å². The van der Waals surface area contributed by atoms with Gasteiger partial charge in [0.05, 0.1) is 20.9 Å². The van der Waals surface area contributed by atoms with Gasteiger partial charge in [0.15, 0.2) is 0 Å². The summed E-state index contributed by atoms with van der Waals surface area (Å²) in [4.78, 5) is 2.48. The first-order valence-electron chi connectivity index (χ1n) is 7.72. The molecule has 4 aromatic rings. The molecule has 24 heavy (non-hydrogen) atoms. The third-order valence-corrected chi connectivity index (χ3v) is 6.40. The summed E-state index contributed by atoms with van der Waals surface area (Å²) in [5, 5.41) is 2.47. The van der Waals surface area contributed by atoms with Crippen molar-refractivity contribution in [2.24, 2.45) is 0 Å². The summed E-state index contributed by atoms with van der Waals surface area (Å²) in [6.45, 7) is 3.79. The van der Waals surface area contributed by atoms with Gasteiger partial charge in [0.25, 0.3) is 0 Å². The van der Waals surface area contributed by atoms with Gasteiger partial charge in [-0.15, -0.1) is 34.5 Å². The van der Waals surface area contributed by atoms with E-state index in [2.05, 4.69) is 72.2 Å². The third kappa shape index (κ3) is 2.33. The molecule has 0 bridgehead atoms. The van der Waals surface area contributed by atoms with E-state index in [-0.39, 0.29) is 0 Å². The molecule has 0 aliphatic rings. The van der Waals surface area contributed by atoms with E-state index in [9.17, 15) is 0 Å². The van der Waals surface area contributed by atoms with Gasteiger partial charge in [0, 0.05) is 20.2 Å². The predicted octanol–water partition coefficient (Wildman–Crippen LogP) is 6.53. The second-order valence-corrected chi connectivity index (χ2v) is 7.46. The van der Waals surface area contributed by atoms with Crippen LogP contribution in [0.25, 0.3) is 29.9 Å². The molecule has 0 saturated carbocycles. The lowest BCUT2D eigenvalue weighted by Gasteiger charge is -1.97. The van der Waals surface area contributed by atoms with Crippen molar-refractivity contribution in [1.29, 1.82) is 0 Å². The maximum Gasteiger partial charge on any atom is 0.0624 e. The van der Waals surface area contributed by atoms with E-state index in [1.165, 1.54) is 29.9 Å². The largest absolute Gasteiger partial charge is 0.133 e. The molecule has 0 aliphatic carbocycles. The molecule has 0 spiro atoms. The van der Waals surface area contributed by atoms with Crippen LogP contribution < -0.4 is 0 Å². The molecular weight excluding hydrogens is 328 g/mol. The van der Waals surface area contributed by atoms with E-state index in [1.807, 2.05) is 36.5 Å². The van der Waals surface area contributed by atoms with Crippen LogP contribution in [0.5, 0.6) is 0 Å². The monoisotopic (exact) mass is 342 g/mol. The van der Waals surface area contributed by atoms with Crippen molar-refractivity contribution < 1.29 is 0 Å². The lowest BCUT2D eigenvalue weighted by molar-refractivity contribution is 1.77. The maximum atomic E-state index is 3.33. The number of hydrogen-bond donors (Lipinski definition) is 0. The van der Waals surface area contributed by atoms with Crippen LogP contribution in [-0.2, 0) is 0 Å². The molecule has 0 fully saturated rings. The number of thiophene rings is 2. The Hall–Kier alpha value is -2.52. The molecule has 0 nitrogen and oxygen atoms in total. The first-order valence-corrected chi connectivity index (χ1v) is 9.35. The first kappa shape index (κ1) is 15.0. The Morgan fingerprint density at radius 1 is 0.625 bits per heavy atom. The standard InChI is InChI=1S/C22H14S2/c1-3-9-17-15-11-5-7-13-19(15)23-21(17)22-18(10-4-2)16-12-6-8-14-20(16)24-22/h5-8,11-14H,1-2H3. The lowest BCUT2D eigenvalue weighted by Crippen LogP contribution is -1.79. The zero-order chi connectivity index (χ0) is 16.5. The van der Waals surface area contributed by atoms with E-state index < -0.39 is 0 Å². The van der Waals surface area contributed by atoms with Crippen LogP contribution in [0.1, 0.15) is 25.0 Å². The van der Waals surface area contributed by atoms with Gasteiger partial charge in [0.1, 0.15) is 0 Å². The average molecular weight is 342 g/mol. The molecule has 2 heterocycles. The Morgan fingerprint density at radius 3 is 1.46 bits per heavy atom. The van der Waals surface area contributed by atoms with Crippen molar-refractivity contribution >= 4 is 42.8 Å². The minimum atomic E-state index is 1.13. The van der Waals surface area contributed by atoms with Gasteiger partial charge in [-0.1, -0.05) is 48.2 Å². The summed E-state index contributed by atoms with van der Waals surface area (Å²) in [6, 6.07) is 17.0. The second-order valence-electron chi connectivity index (χ2n) is 5.35. The van der Waals surface area contributed by atoms with Gasteiger partial charge in [-0.2, -0.15) is 0 Å². The molecule has 2 aromatic heterocycles. The highest BCUT2D eigenvalue weighted by Crippen LogP contribution is 2.45. The highest BCUT2D eigenvalue weighted by atomic mass is 32.1. The van der Waals surface area contributed by atoms with Gasteiger partial charge >= 0.3 is 0 Å². The van der Waals surface area contributed by atoms with E-state index >= 15 is 0 Å². The summed E-state index contributed by atoms with van der Waals surface area (Å²) in [5.41, 5.74) is 2.26. The molecule has 2 aromatic carbocycles. The fourth-order valence-electron chi connectivity index (χ4n) is 2.91. The van der Waals surface area contributed by atoms with Crippen LogP contribution in [0, 0.1) is 23.7 Å². The summed E-state index contributed by atoms with van der Waals surface area (Å²) >= 11 is 3.62. The Balaban J connectivity index is 2.12. The smallest absolute Gasteiger partial charge is 0.0624 e. The van der Waals surface area contributed by atoms with Gasteiger partial charge in [-0.3, -0.25) is 0 Å². The van der Waals surface area contributed by atoms with Gasteiger partial charge < -0.3 is 0 Å². The molecule has 0 unspecified atom stereocenters. The maximum absolute atomic E-state index is 3.33. The summed E-state index contributed by atoms with van der Waals surface area (Å²) in [5.74, 6) is 12.8. The van der Waals surface area contributed by atoms with Gasteiger partial charge in [-0.05, 0) is 26.0 Å². The van der Waals surface area contributed by atoms with Crippen molar-refractivity contribution in [1.82, 2.24) is 0 Å². The van der Waals surface area contributed by atoms with Crippen LogP contribution in [0.2, 0.25) is 0 Å². The SMILES string of the molecule is CC#Cc1c(-c2sc3ccccc3c2C#CC)sc2ccccc12. The fraction of sp³-hybridized carbons (Fsp3) is 0.0909. The molecule has 0 N–H and O–H groups in total. The molecule has 0 aliphatic heterocycles. The fourth-order valence-corrected chi connectivity index (χ4v) is 5.37. The Morgan fingerprint density at radius 2 is 1.04 bits per heavy atom. The van der Waals surface area contributed by atoms with Crippen molar-refractivity contribution in [2.75, 3.05) is 0 Å². The zero-order valence-electron chi connectivity index (χ0n) is 13.4. The normalized spacial score (nSPS) is 10.2. The minimum absolute atomic E-state index is 1.13. The molecule has 114 valence electrons. The van der Waals surface area contributed by atoms with E-state index in [0.717, 1.165) is 11.1 Å². The van der Waals surface area contributed by atoms with Crippen LogP contribution in [0.15, 0.2) is 48.5 Å². The van der Waals surface area contributed by atoms with Crippen molar-refractivity contribution in [3.8, 4) is 33.4 Å². The number of hydrogen-bond acceptors (Lipinski definition) is 2.